The Morgan fingerprint density at radius 2 is 1.06 bits per heavy atom. The maximum absolute atomic E-state index is 14.1. The molecule has 216 valence electrons. The quantitative estimate of drug-likeness (QED) is 0.142. The first kappa shape index (κ1) is 34.2. The van der Waals surface area contributed by atoms with Crippen LogP contribution in [0.1, 0.15) is 32.6 Å². The Labute approximate surface area is 188 Å². The fourth-order valence-electron chi connectivity index (χ4n) is 1.93. The largest absolute Gasteiger partial charge is 0.462 e. The van der Waals surface area contributed by atoms with Crippen LogP contribution < -0.4 is 0 Å². The molecule has 0 aliphatic carbocycles. The standard InChI is InChI=1S/C15H13F17O4/c1-2-3-4-5-6-34-7(33)8(16,11(20,21)22)35-15(31,32)10(19,13(26,27)28)36-14(29,30)9(17,18)12(23,24)25/h2-6H2,1H3/t8-,10-/m1/s1. The van der Waals surface area contributed by atoms with E-state index in [0.717, 1.165) is 0 Å². The van der Waals surface area contributed by atoms with Crippen LogP contribution >= 0.6 is 0 Å². The SMILES string of the molecule is CCCCCCOC(=O)[C@@](F)(OC(F)(F)[C@](F)(OC(F)(F)C(F)(F)C(F)(F)F)C(F)(F)F)C(F)(F)F. The monoisotopic (exact) mass is 580 g/mol. The molecule has 0 N–H and O–H groups in total. The lowest BCUT2D eigenvalue weighted by Crippen LogP contribution is -2.68. The van der Waals surface area contributed by atoms with Crippen LogP contribution in [0.3, 0.4) is 0 Å². The van der Waals surface area contributed by atoms with Gasteiger partial charge >= 0.3 is 54.3 Å². The molecule has 0 amide bonds. The lowest BCUT2D eigenvalue weighted by Gasteiger charge is -2.39. The van der Waals surface area contributed by atoms with E-state index >= 15 is 0 Å². The third-order valence-electron chi connectivity index (χ3n) is 3.86. The van der Waals surface area contributed by atoms with Crippen LogP contribution in [-0.2, 0) is 19.0 Å². The number of hydrogen-bond acceptors (Lipinski definition) is 4. The summed E-state index contributed by atoms with van der Waals surface area (Å²) >= 11 is 0. The van der Waals surface area contributed by atoms with Crippen LogP contribution in [0, 0.1) is 0 Å². The number of rotatable bonds is 12. The summed E-state index contributed by atoms with van der Waals surface area (Å²) in [6.45, 7) is 0.375. The van der Waals surface area contributed by atoms with Crippen LogP contribution in [-0.4, -0.2) is 61.0 Å². The average Bonchev–Trinajstić information content (AvgIpc) is 2.63. The zero-order chi connectivity index (χ0) is 29.2. The molecule has 0 saturated heterocycles. The third kappa shape index (κ3) is 6.74. The molecule has 36 heavy (non-hydrogen) atoms. The van der Waals surface area contributed by atoms with Gasteiger partial charge in [0.1, 0.15) is 0 Å². The molecule has 0 aliphatic heterocycles. The van der Waals surface area contributed by atoms with Crippen molar-refractivity contribution in [2.75, 3.05) is 6.61 Å². The van der Waals surface area contributed by atoms with Gasteiger partial charge in [-0.3, -0.25) is 9.47 Å². The fourth-order valence-corrected chi connectivity index (χ4v) is 1.93. The number of hydrogen-bond donors (Lipinski definition) is 0. The van der Waals surface area contributed by atoms with Gasteiger partial charge in [-0.05, 0) is 6.42 Å². The van der Waals surface area contributed by atoms with Gasteiger partial charge in [0.15, 0.2) is 0 Å². The Balaban J connectivity index is 6.44. The van der Waals surface area contributed by atoms with Crippen molar-refractivity contribution in [3.8, 4) is 0 Å². The van der Waals surface area contributed by atoms with Crippen molar-refractivity contribution in [1.82, 2.24) is 0 Å². The first-order chi connectivity index (χ1) is 15.6. The third-order valence-corrected chi connectivity index (χ3v) is 3.86. The summed E-state index contributed by atoms with van der Waals surface area (Å²) in [5.41, 5.74) is 0. The van der Waals surface area contributed by atoms with Crippen molar-refractivity contribution in [3.63, 3.8) is 0 Å². The molecule has 0 aliphatic rings. The fraction of sp³-hybridized carbons (Fsp3) is 0.933. The summed E-state index contributed by atoms with van der Waals surface area (Å²) < 4.78 is 227. The molecule has 0 aromatic heterocycles. The van der Waals surface area contributed by atoms with Gasteiger partial charge in [0.2, 0.25) is 0 Å². The lowest BCUT2D eigenvalue weighted by molar-refractivity contribution is -0.548. The van der Waals surface area contributed by atoms with Crippen LogP contribution in [0.4, 0.5) is 74.6 Å². The van der Waals surface area contributed by atoms with Gasteiger partial charge in [-0.15, -0.1) is 0 Å². The second-order valence-electron chi connectivity index (χ2n) is 6.69. The van der Waals surface area contributed by atoms with E-state index < -0.39 is 61.0 Å². The van der Waals surface area contributed by atoms with Gasteiger partial charge in [-0.2, -0.15) is 74.6 Å². The molecule has 0 unspecified atom stereocenters. The molecule has 0 fully saturated rings. The second-order valence-corrected chi connectivity index (χ2v) is 6.69. The van der Waals surface area contributed by atoms with Crippen LogP contribution in [0.2, 0.25) is 0 Å². The minimum Gasteiger partial charge on any atom is -0.461 e. The van der Waals surface area contributed by atoms with Gasteiger partial charge in [0.05, 0.1) is 6.61 Å². The maximum Gasteiger partial charge on any atom is 0.462 e. The van der Waals surface area contributed by atoms with Crippen molar-refractivity contribution in [1.29, 1.82) is 0 Å². The van der Waals surface area contributed by atoms with E-state index in [-0.39, 0.29) is 12.8 Å². The van der Waals surface area contributed by atoms with Crippen LogP contribution in [0.25, 0.3) is 0 Å². The minimum atomic E-state index is -8.04. The summed E-state index contributed by atoms with van der Waals surface area (Å²) in [6.07, 6.45) is -38.0. The van der Waals surface area contributed by atoms with Crippen molar-refractivity contribution >= 4 is 5.97 Å². The van der Waals surface area contributed by atoms with Crippen molar-refractivity contribution in [3.05, 3.63) is 0 Å². The number of unbranched alkanes of at least 4 members (excludes halogenated alkanes) is 3. The maximum atomic E-state index is 14.1. The number of alkyl halides is 17. The Hall–Kier alpha value is -1.80. The summed E-state index contributed by atoms with van der Waals surface area (Å²) in [6, 6.07) is 0. The summed E-state index contributed by atoms with van der Waals surface area (Å²) in [4.78, 5) is 11.3. The smallest absolute Gasteiger partial charge is 0.461 e. The van der Waals surface area contributed by atoms with E-state index in [1.54, 1.807) is 6.92 Å². The number of ether oxygens (including phenoxy) is 3. The van der Waals surface area contributed by atoms with Crippen LogP contribution in [0.15, 0.2) is 0 Å². The lowest BCUT2D eigenvalue weighted by atomic mass is 10.2. The van der Waals surface area contributed by atoms with E-state index in [9.17, 15) is 79.4 Å². The number of carbonyl (C=O) groups excluding carboxylic acids is 1. The van der Waals surface area contributed by atoms with Gasteiger partial charge < -0.3 is 4.74 Å². The molecule has 0 bridgehead atoms. The second kappa shape index (κ2) is 10.5. The zero-order valence-electron chi connectivity index (χ0n) is 17.1. The molecule has 2 atom stereocenters. The zero-order valence-corrected chi connectivity index (χ0v) is 17.1. The molecule has 0 spiro atoms. The highest BCUT2D eigenvalue weighted by Gasteiger charge is 2.85. The molecular weight excluding hydrogens is 567 g/mol. The Morgan fingerprint density at radius 1 is 0.583 bits per heavy atom. The molecule has 0 aromatic carbocycles. The van der Waals surface area contributed by atoms with Gasteiger partial charge in [0, 0.05) is 0 Å². The topological polar surface area (TPSA) is 44.8 Å². The molecule has 0 radical (unpaired) electrons. The van der Waals surface area contributed by atoms with Gasteiger partial charge in [0.25, 0.3) is 0 Å². The predicted molar refractivity (Wildman–Crippen MR) is 78.0 cm³/mol. The molecular formula is C15H13F17O4. The van der Waals surface area contributed by atoms with Crippen molar-refractivity contribution in [2.45, 2.75) is 81.0 Å². The normalized spacial score (nSPS) is 17.9. The number of carbonyl (C=O) groups is 1. The summed E-state index contributed by atoms with van der Waals surface area (Å²) in [5, 5.41) is 0. The Kier molecular flexibility index (Phi) is 9.99. The molecule has 0 heterocycles. The molecule has 21 heteroatoms. The highest BCUT2D eigenvalue weighted by molar-refractivity contribution is 5.78. The van der Waals surface area contributed by atoms with Crippen molar-refractivity contribution < 1.29 is 93.6 Å². The highest BCUT2D eigenvalue weighted by atomic mass is 19.4. The summed E-state index contributed by atoms with van der Waals surface area (Å²) in [7, 11) is 0. The number of esters is 1. The first-order valence-electron chi connectivity index (χ1n) is 8.93. The highest BCUT2D eigenvalue weighted by Crippen LogP contribution is 2.56. The van der Waals surface area contributed by atoms with E-state index in [1.165, 1.54) is 4.74 Å². The van der Waals surface area contributed by atoms with Gasteiger partial charge in [-0.1, -0.05) is 26.2 Å². The Bertz CT molecular complexity index is 744. The van der Waals surface area contributed by atoms with Crippen molar-refractivity contribution in [2.24, 2.45) is 0 Å². The van der Waals surface area contributed by atoms with E-state index in [0.29, 0.717) is 12.8 Å². The van der Waals surface area contributed by atoms with E-state index in [2.05, 4.69) is 4.74 Å². The van der Waals surface area contributed by atoms with E-state index in [4.69, 9.17) is 0 Å². The minimum absolute atomic E-state index is 0.0596. The molecule has 0 rings (SSSR count). The Morgan fingerprint density at radius 3 is 1.42 bits per heavy atom. The average molecular weight is 580 g/mol. The molecule has 0 saturated carbocycles. The first-order valence-corrected chi connectivity index (χ1v) is 8.93. The van der Waals surface area contributed by atoms with Gasteiger partial charge in [-0.25, -0.2) is 4.79 Å². The summed E-state index contributed by atoms with van der Waals surface area (Å²) in [5.74, 6) is -26.3. The molecule has 4 nitrogen and oxygen atoms in total. The predicted octanol–water partition coefficient (Wildman–Crippen LogP) is 6.98. The molecule has 0 aromatic rings. The van der Waals surface area contributed by atoms with Crippen LogP contribution in [0.5, 0.6) is 0 Å². The number of halogens is 17. The van der Waals surface area contributed by atoms with E-state index in [1.807, 2.05) is 4.74 Å².